The molecule has 0 aromatic rings. The first-order chi connectivity index (χ1) is 8.28. The molecule has 1 heterocycles. The molecule has 1 aliphatic rings. The predicted octanol–water partition coefficient (Wildman–Crippen LogP) is 2.42. The number of carbonyl (C=O) groups is 2. The highest BCUT2D eigenvalue weighted by Crippen LogP contribution is 2.19. The number of piperidine rings is 1. The number of rotatable bonds is 2. The van der Waals surface area contributed by atoms with Crippen molar-refractivity contribution in [2.75, 3.05) is 13.1 Å². The number of carboxylic acid groups (broad SMARTS) is 1. The highest BCUT2D eigenvalue weighted by Gasteiger charge is 2.24. The lowest BCUT2D eigenvalue weighted by Gasteiger charge is -2.31. The molecular formula is C13H21NO4. The molecule has 0 spiro atoms. The molecular weight excluding hydrogens is 234 g/mol. The number of aliphatic carboxylic acids is 1. The normalized spacial score (nSPS) is 18.8. The van der Waals surface area contributed by atoms with E-state index in [4.69, 9.17) is 9.84 Å². The van der Waals surface area contributed by atoms with Gasteiger partial charge in [-0.05, 0) is 33.6 Å². The fourth-order valence-electron chi connectivity index (χ4n) is 1.78. The third-order valence-corrected chi connectivity index (χ3v) is 2.54. The first-order valence-corrected chi connectivity index (χ1v) is 6.15. The van der Waals surface area contributed by atoms with Gasteiger partial charge in [-0.25, -0.2) is 4.79 Å². The fraction of sp³-hybridized carbons (Fsp3) is 0.692. The van der Waals surface area contributed by atoms with Crippen LogP contribution >= 0.6 is 0 Å². The van der Waals surface area contributed by atoms with Crippen LogP contribution in [-0.4, -0.2) is 40.8 Å². The quantitative estimate of drug-likeness (QED) is 0.769. The third-order valence-electron chi connectivity index (χ3n) is 2.54. The van der Waals surface area contributed by atoms with Gasteiger partial charge in [-0.15, -0.1) is 0 Å². The van der Waals surface area contributed by atoms with Gasteiger partial charge in [0.15, 0.2) is 0 Å². The van der Waals surface area contributed by atoms with Crippen LogP contribution in [0.1, 0.15) is 40.0 Å². The predicted molar refractivity (Wildman–Crippen MR) is 67.4 cm³/mol. The number of hydrogen-bond acceptors (Lipinski definition) is 3. The summed E-state index contributed by atoms with van der Waals surface area (Å²) in [5.74, 6) is -0.850. The van der Waals surface area contributed by atoms with Gasteiger partial charge in [-0.2, -0.15) is 0 Å². The molecule has 1 amide bonds. The van der Waals surface area contributed by atoms with E-state index < -0.39 is 11.6 Å². The van der Waals surface area contributed by atoms with Crippen LogP contribution in [0.2, 0.25) is 0 Å². The van der Waals surface area contributed by atoms with Gasteiger partial charge in [0.1, 0.15) is 5.60 Å². The molecule has 1 rings (SSSR count). The largest absolute Gasteiger partial charge is 0.481 e. The van der Waals surface area contributed by atoms with Crippen molar-refractivity contribution in [3.63, 3.8) is 0 Å². The molecule has 1 fully saturated rings. The van der Waals surface area contributed by atoms with Crippen molar-refractivity contribution >= 4 is 12.1 Å². The monoisotopic (exact) mass is 255 g/mol. The minimum Gasteiger partial charge on any atom is -0.481 e. The molecule has 0 bridgehead atoms. The van der Waals surface area contributed by atoms with Gasteiger partial charge in [-0.3, -0.25) is 4.79 Å². The second kappa shape index (κ2) is 5.89. The average molecular weight is 255 g/mol. The number of nitrogens with zero attached hydrogens (tertiary/aromatic N) is 1. The van der Waals surface area contributed by atoms with Crippen LogP contribution in [0.15, 0.2) is 11.6 Å². The maximum atomic E-state index is 11.9. The molecule has 0 aromatic heterocycles. The van der Waals surface area contributed by atoms with Crippen molar-refractivity contribution in [2.45, 2.75) is 45.6 Å². The van der Waals surface area contributed by atoms with Gasteiger partial charge in [0.25, 0.3) is 0 Å². The van der Waals surface area contributed by atoms with Crippen LogP contribution in [0.4, 0.5) is 4.79 Å². The number of amides is 1. The minimum absolute atomic E-state index is 0.0114. The van der Waals surface area contributed by atoms with Gasteiger partial charge in [-0.1, -0.05) is 11.6 Å². The average Bonchev–Trinajstić information content (AvgIpc) is 2.24. The maximum absolute atomic E-state index is 11.9. The summed E-state index contributed by atoms with van der Waals surface area (Å²) in [6, 6.07) is 0. The molecule has 0 saturated carbocycles. The van der Waals surface area contributed by atoms with Crippen molar-refractivity contribution in [3.8, 4) is 0 Å². The molecule has 0 aromatic carbocycles. The molecule has 1 aliphatic heterocycles. The Morgan fingerprint density at radius 1 is 1.44 bits per heavy atom. The summed E-state index contributed by atoms with van der Waals surface area (Å²) >= 11 is 0. The fourth-order valence-corrected chi connectivity index (χ4v) is 1.78. The summed E-state index contributed by atoms with van der Waals surface area (Å²) in [5, 5.41) is 8.62. The Hall–Kier alpha value is -1.52. The van der Waals surface area contributed by atoms with Crippen LogP contribution in [0.25, 0.3) is 0 Å². The first-order valence-electron chi connectivity index (χ1n) is 6.15. The van der Waals surface area contributed by atoms with Crippen molar-refractivity contribution in [2.24, 2.45) is 0 Å². The molecule has 18 heavy (non-hydrogen) atoms. The maximum Gasteiger partial charge on any atom is 0.410 e. The Balaban J connectivity index is 2.55. The zero-order chi connectivity index (χ0) is 13.8. The summed E-state index contributed by atoms with van der Waals surface area (Å²) in [6.45, 7) is 6.63. The Kier molecular flexibility index (Phi) is 4.76. The first kappa shape index (κ1) is 14.5. The number of hydrogen-bond donors (Lipinski definition) is 1. The molecule has 0 radical (unpaired) electrons. The van der Waals surface area contributed by atoms with E-state index in [0.29, 0.717) is 13.1 Å². The summed E-state index contributed by atoms with van der Waals surface area (Å²) in [5.41, 5.74) is 0.494. The van der Waals surface area contributed by atoms with Crippen LogP contribution in [0.5, 0.6) is 0 Å². The highest BCUT2D eigenvalue weighted by atomic mass is 16.6. The van der Waals surface area contributed by atoms with E-state index >= 15 is 0 Å². The van der Waals surface area contributed by atoms with E-state index in [1.807, 2.05) is 20.8 Å². The Labute approximate surface area is 107 Å². The molecule has 0 aliphatic carbocycles. The standard InChI is InChI=1S/C13H21NO4/c1-13(2,3)18-12(17)14-8-4-5-10(9-14)6-7-11(15)16/h6H,4-5,7-9H2,1-3H3,(H,15,16)/b10-6-. The van der Waals surface area contributed by atoms with Crippen molar-refractivity contribution in [3.05, 3.63) is 11.6 Å². The Bertz CT molecular complexity index is 354. The van der Waals surface area contributed by atoms with Crippen molar-refractivity contribution < 1.29 is 19.4 Å². The molecule has 1 saturated heterocycles. The van der Waals surface area contributed by atoms with Gasteiger partial charge in [0, 0.05) is 13.1 Å². The Morgan fingerprint density at radius 3 is 2.67 bits per heavy atom. The van der Waals surface area contributed by atoms with E-state index in [0.717, 1.165) is 18.4 Å². The van der Waals surface area contributed by atoms with E-state index in [9.17, 15) is 9.59 Å². The lowest BCUT2D eigenvalue weighted by molar-refractivity contribution is -0.136. The zero-order valence-corrected chi connectivity index (χ0v) is 11.2. The summed E-state index contributed by atoms with van der Waals surface area (Å²) in [6.07, 6.45) is 3.08. The summed E-state index contributed by atoms with van der Waals surface area (Å²) in [4.78, 5) is 24.0. The van der Waals surface area contributed by atoms with Gasteiger partial charge in [0.05, 0.1) is 6.42 Å². The number of carbonyl (C=O) groups excluding carboxylic acids is 1. The molecule has 102 valence electrons. The summed E-state index contributed by atoms with van der Waals surface area (Å²) in [7, 11) is 0. The molecule has 0 unspecified atom stereocenters. The second-order valence-corrected chi connectivity index (χ2v) is 5.47. The smallest absolute Gasteiger partial charge is 0.410 e. The van der Waals surface area contributed by atoms with Crippen LogP contribution in [-0.2, 0) is 9.53 Å². The molecule has 5 heteroatoms. The summed E-state index contributed by atoms with van der Waals surface area (Å²) < 4.78 is 5.29. The number of ether oxygens (including phenoxy) is 1. The van der Waals surface area contributed by atoms with Crippen LogP contribution in [0.3, 0.4) is 0 Å². The van der Waals surface area contributed by atoms with Crippen LogP contribution in [0, 0.1) is 0 Å². The Morgan fingerprint density at radius 2 is 2.11 bits per heavy atom. The minimum atomic E-state index is -0.850. The number of likely N-dealkylation sites (tertiary alicyclic amines) is 1. The SMILES string of the molecule is CC(C)(C)OC(=O)N1CCC/C(=C/CC(=O)O)C1. The zero-order valence-electron chi connectivity index (χ0n) is 11.2. The van der Waals surface area contributed by atoms with Gasteiger partial charge < -0.3 is 14.7 Å². The van der Waals surface area contributed by atoms with E-state index in [1.54, 1.807) is 11.0 Å². The molecule has 1 N–H and O–H groups in total. The molecule has 5 nitrogen and oxygen atoms in total. The van der Waals surface area contributed by atoms with E-state index in [-0.39, 0.29) is 12.5 Å². The van der Waals surface area contributed by atoms with Crippen molar-refractivity contribution in [1.82, 2.24) is 4.90 Å². The van der Waals surface area contributed by atoms with Crippen LogP contribution < -0.4 is 0 Å². The molecule has 0 atom stereocenters. The lowest BCUT2D eigenvalue weighted by atomic mass is 10.0. The van der Waals surface area contributed by atoms with E-state index in [1.165, 1.54) is 0 Å². The topological polar surface area (TPSA) is 66.8 Å². The second-order valence-electron chi connectivity index (χ2n) is 5.47. The van der Waals surface area contributed by atoms with Gasteiger partial charge in [0.2, 0.25) is 0 Å². The number of carboxylic acids is 1. The lowest BCUT2D eigenvalue weighted by Crippen LogP contribution is -2.40. The van der Waals surface area contributed by atoms with E-state index in [2.05, 4.69) is 0 Å². The van der Waals surface area contributed by atoms with Gasteiger partial charge >= 0.3 is 12.1 Å². The highest BCUT2D eigenvalue weighted by molar-refractivity contribution is 5.70. The van der Waals surface area contributed by atoms with Crippen molar-refractivity contribution in [1.29, 1.82) is 0 Å². The third kappa shape index (κ3) is 5.21.